The van der Waals surface area contributed by atoms with Crippen molar-refractivity contribution in [1.82, 2.24) is 0 Å². The molecule has 2 aromatic carbocycles. The van der Waals surface area contributed by atoms with E-state index in [-0.39, 0.29) is 29.9 Å². The first-order chi connectivity index (χ1) is 13.2. The molecular formula is C18H15Br4NO5. The summed E-state index contributed by atoms with van der Waals surface area (Å²) in [6.07, 6.45) is 1.74. The van der Waals surface area contributed by atoms with E-state index in [0.29, 0.717) is 23.8 Å². The highest BCUT2D eigenvalue weighted by Gasteiger charge is 2.25. The number of nitro groups is 1. The lowest BCUT2D eigenvalue weighted by Gasteiger charge is -2.14. The van der Waals surface area contributed by atoms with E-state index in [4.69, 9.17) is 14.2 Å². The van der Waals surface area contributed by atoms with Crippen LogP contribution >= 0.6 is 63.7 Å². The van der Waals surface area contributed by atoms with Gasteiger partial charge in [0, 0.05) is 0 Å². The van der Waals surface area contributed by atoms with E-state index in [9.17, 15) is 10.1 Å². The quantitative estimate of drug-likeness (QED) is 0.218. The maximum absolute atomic E-state index is 11.5. The zero-order chi connectivity index (χ0) is 20.8. The number of benzene rings is 2. The zero-order valence-corrected chi connectivity index (χ0v) is 21.1. The van der Waals surface area contributed by atoms with Gasteiger partial charge in [-0.05, 0) is 108 Å². The molecule has 0 radical (unpaired) electrons. The number of nitrogens with zero attached hydrogens (tertiary/aromatic N) is 1. The highest BCUT2D eigenvalue weighted by molar-refractivity contribution is 9.28. The fourth-order valence-electron chi connectivity index (χ4n) is 2.09. The minimum Gasteiger partial charge on any atom is -0.491 e. The van der Waals surface area contributed by atoms with Crippen LogP contribution in [0.15, 0.2) is 48.7 Å². The predicted octanol–water partition coefficient (Wildman–Crippen LogP) is 7.71. The Morgan fingerprint density at radius 3 is 2.29 bits per heavy atom. The van der Waals surface area contributed by atoms with Gasteiger partial charge in [-0.3, -0.25) is 10.1 Å². The van der Waals surface area contributed by atoms with Crippen molar-refractivity contribution in [3.05, 3.63) is 58.9 Å². The molecule has 0 saturated carbocycles. The van der Waals surface area contributed by atoms with Gasteiger partial charge < -0.3 is 14.2 Å². The summed E-state index contributed by atoms with van der Waals surface area (Å²) in [5.41, 5.74) is -0.219. The third-order valence-corrected chi connectivity index (χ3v) is 5.92. The van der Waals surface area contributed by atoms with Gasteiger partial charge in [-0.15, -0.1) is 0 Å². The van der Waals surface area contributed by atoms with Crippen LogP contribution in [0.25, 0.3) is 0 Å². The van der Waals surface area contributed by atoms with Crippen LogP contribution in [0, 0.1) is 10.1 Å². The Kier molecular flexibility index (Phi) is 8.79. The van der Waals surface area contributed by atoms with Crippen LogP contribution in [0.1, 0.15) is 13.8 Å². The number of halogens is 4. The standard InChI is InChI=1S/C18H15Br4NO5/c1-10(2)27-11-3-5-12(6-4-11)28-14-9-13(23(24)25)18(17(22)16(14)21)26-8-7-15(19)20/h3-7,9-10H,8H2,1-2H3. The first-order valence-corrected chi connectivity index (χ1v) is 11.1. The van der Waals surface area contributed by atoms with Gasteiger partial charge in [0.1, 0.15) is 23.9 Å². The normalized spacial score (nSPS) is 10.5. The molecular weight excluding hydrogens is 630 g/mol. The average molecular weight is 645 g/mol. The molecule has 6 nitrogen and oxygen atoms in total. The molecule has 2 rings (SSSR count). The van der Waals surface area contributed by atoms with E-state index in [1.54, 1.807) is 30.3 Å². The number of hydrogen-bond donors (Lipinski definition) is 0. The van der Waals surface area contributed by atoms with Crippen LogP contribution in [-0.2, 0) is 0 Å². The van der Waals surface area contributed by atoms with Gasteiger partial charge in [-0.1, -0.05) is 0 Å². The van der Waals surface area contributed by atoms with E-state index < -0.39 is 4.92 Å². The second-order valence-electron chi connectivity index (χ2n) is 5.65. The van der Waals surface area contributed by atoms with Crippen molar-refractivity contribution < 1.29 is 19.1 Å². The lowest BCUT2D eigenvalue weighted by atomic mass is 10.2. The zero-order valence-electron chi connectivity index (χ0n) is 14.7. The Labute approximate surface area is 195 Å². The summed E-state index contributed by atoms with van der Waals surface area (Å²) in [4.78, 5) is 11.0. The van der Waals surface area contributed by atoms with Gasteiger partial charge in [0.25, 0.3) is 0 Å². The third kappa shape index (κ3) is 6.47. The molecule has 0 aliphatic heterocycles. The van der Waals surface area contributed by atoms with Crippen LogP contribution in [0.3, 0.4) is 0 Å². The summed E-state index contributed by atoms with van der Waals surface area (Å²) >= 11 is 13.2. The van der Waals surface area contributed by atoms with E-state index in [1.807, 2.05) is 13.8 Å². The van der Waals surface area contributed by atoms with Gasteiger partial charge in [-0.25, -0.2) is 0 Å². The summed E-state index contributed by atoms with van der Waals surface area (Å²) in [6, 6.07) is 8.32. The summed E-state index contributed by atoms with van der Waals surface area (Å²) in [6.45, 7) is 4.01. The molecule has 28 heavy (non-hydrogen) atoms. The Hall–Kier alpha value is -1.10. The lowest BCUT2D eigenvalue weighted by Crippen LogP contribution is -2.05. The van der Waals surface area contributed by atoms with Crippen molar-refractivity contribution in [2.24, 2.45) is 0 Å². The molecule has 0 unspecified atom stereocenters. The van der Waals surface area contributed by atoms with Crippen LogP contribution in [0.5, 0.6) is 23.0 Å². The highest BCUT2D eigenvalue weighted by Crippen LogP contribution is 2.47. The van der Waals surface area contributed by atoms with Crippen LogP contribution < -0.4 is 14.2 Å². The van der Waals surface area contributed by atoms with Gasteiger partial charge in [0.15, 0.2) is 0 Å². The second-order valence-corrected chi connectivity index (χ2v) is 10.0. The van der Waals surface area contributed by atoms with Crippen molar-refractivity contribution in [2.45, 2.75) is 20.0 Å². The van der Waals surface area contributed by atoms with Crippen molar-refractivity contribution in [1.29, 1.82) is 0 Å². The van der Waals surface area contributed by atoms with E-state index in [2.05, 4.69) is 63.7 Å². The maximum Gasteiger partial charge on any atom is 0.315 e. The minimum atomic E-state index is -0.522. The molecule has 0 atom stereocenters. The lowest BCUT2D eigenvalue weighted by molar-refractivity contribution is -0.386. The van der Waals surface area contributed by atoms with Crippen molar-refractivity contribution in [2.75, 3.05) is 6.61 Å². The van der Waals surface area contributed by atoms with Gasteiger partial charge in [0.2, 0.25) is 5.75 Å². The average Bonchev–Trinajstić information content (AvgIpc) is 2.61. The number of ether oxygens (including phenoxy) is 3. The molecule has 0 aliphatic carbocycles. The van der Waals surface area contributed by atoms with E-state index >= 15 is 0 Å². The Bertz CT molecular complexity index is 881. The third-order valence-electron chi connectivity index (χ3n) is 3.19. The molecule has 0 aliphatic rings. The largest absolute Gasteiger partial charge is 0.491 e. The number of rotatable bonds is 8. The summed E-state index contributed by atoms with van der Waals surface area (Å²) < 4.78 is 18.5. The van der Waals surface area contributed by atoms with Crippen molar-refractivity contribution >= 4 is 69.4 Å². The van der Waals surface area contributed by atoms with E-state index in [0.717, 1.165) is 0 Å². The van der Waals surface area contributed by atoms with Crippen molar-refractivity contribution in [3.63, 3.8) is 0 Å². The highest BCUT2D eigenvalue weighted by atomic mass is 79.9. The smallest absolute Gasteiger partial charge is 0.315 e. The van der Waals surface area contributed by atoms with Crippen LogP contribution in [0.2, 0.25) is 0 Å². The monoisotopic (exact) mass is 641 g/mol. The molecule has 10 heteroatoms. The fraction of sp³-hybridized carbons (Fsp3) is 0.222. The van der Waals surface area contributed by atoms with Crippen LogP contribution in [-0.4, -0.2) is 17.6 Å². The Balaban J connectivity index is 2.32. The van der Waals surface area contributed by atoms with Gasteiger partial charge in [-0.2, -0.15) is 0 Å². The molecule has 0 amide bonds. The summed E-state index contributed by atoms with van der Waals surface area (Å²) in [5, 5.41) is 11.5. The molecule has 0 aromatic heterocycles. The van der Waals surface area contributed by atoms with Gasteiger partial charge in [0.05, 0.1) is 29.4 Å². The number of hydrogen-bond acceptors (Lipinski definition) is 5. The molecule has 0 saturated heterocycles. The maximum atomic E-state index is 11.5. The molecule has 0 spiro atoms. The molecule has 0 N–H and O–H groups in total. The topological polar surface area (TPSA) is 70.8 Å². The molecule has 150 valence electrons. The van der Waals surface area contributed by atoms with Gasteiger partial charge >= 0.3 is 5.69 Å². The van der Waals surface area contributed by atoms with E-state index in [1.165, 1.54) is 6.07 Å². The molecule has 0 fully saturated rings. The minimum absolute atomic E-state index is 0.0621. The Morgan fingerprint density at radius 1 is 1.14 bits per heavy atom. The first kappa shape index (κ1) is 23.2. The summed E-state index contributed by atoms with van der Waals surface area (Å²) in [7, 11) is 0. The second kappa shape index (κ2) is 10.6. The molecule has 0 heterocycles. The van der Waals surface area contributed by atoms with Crippen LogP contribution in [0.4, 0.5) is 5.69 Å². The first-order valence-electron chi connectivity index (χ1n) is 7.94. The molecule has 2 aromatic rings. The fourth-order valence-corrected chi connectivity index (χ4v) is 3.25. The van der Waals surface area contributed by atoms with Crippen molar-refractivity contribution in [3.8, 4) is 23.0 Å². The number of nitro benzene ring substituents is 1. The SMILES string of the molecule is CC(C)Oc1ccc(Oc2cc([N+](=O)[O-])c(OCC=C(Br)Br)c(Br)c2Br)cc1. The summed E-state index contributed by atoms with van der Waals surface area (Å²) in [5.74, 6) is 1.60. The Morgan fingerprint density at radius 2 is 1.75 bits per heavy atom. The predicted molar refractivity (Wildman–Crippen MR) is 122 cm³/mol. The molecule has 0 bridgehead atoms.